The lowest BCUT2D eigenvalue weighted by Crippen LogP contribution is -2.21. The molecule has 2 rings (SSSR count). The number of carboxylic acid groups (broad SMARTS) is 2. The van der Waals surface area contributed by atoms with E-state index >= 15 is 0 Å². The number of nitrogens with two attached hydrogens (primary N) is 1. The molecule has 2 aromatic rings. The molecule has 0 bridgehead atoms. The molecule has 6 nitrogen and oxygen atoms in total. The van der Waals surface area contributed by atoms with Crippen LogP contribution in [0.15, 0.2) is 36.5 Å². The van der Waals surface area contributed by atoms with Crippen molar-refractivity contribution in [1.82, 2.24) is 4.57 Å². The molecule has 1 aromatic carbocycles. The normalized spacial score (nSPS) is 12.0. The Labute approximate surface area is 136 Å². The van der Waals surface area contributed by atoms with Gasteiger partial charge < -0.3 is 20.5 Å². The quantitative estimate of drug-likeness (QED) is 0.740. The van der Waals surface area contributed by atoms with E-state index in [-0.39, 0.29) is 16.9 Å². The molecule has 0 aliphatic heterocycles. The van der Waals surface area contributed by atoms with Crippen LogP contribution in [0.3, 0.4) is 0 Å². The summed E-state index contributed by atoms with van der Waals surface area (Å²) in [5.41, 5.74) is 6.63. The second kappa shape index (κ2) is 8.30. The van der Waals surface area contributed by atoms with Crippen molar-refractivity contribution in [3.8, 4) is 0 Å². The smallest absolute Gasteiger partial charge is 0.328 e. The molecule has 0 fully saturated rings. The van der Waals surface area contributed by atoms with Gasteiger partial charge >= 0.3 is 11.9 Å². The van der Waals surface area contributed by atoms with E-state index in [1.807, 2.05) is 23.8 Å². The van der Waals surface area contributed by atoms with Crippen LogP contribution in [-0.4, -0.2) is 32.8 Å². The van der Waals surface area contributed by atoms with Gasteiger partial charge in [-0.05, 0) is 25.1 Å². The summed E-state index contributed by atoms with van der Waals surface area (Å²) in [4.78, 5) is 19.1. The maximum atomic E-state index is 13.2. The standard InChI is InChI=1S/C11H12ClFN2.C4H4O4/c1-7(14)6-15-3-2-8-4-10(13)9(12)5-11(8)15;5-3(6)1-2-4(7)8/h2-5,7H,6,14H2,1H3;1-2H,(H,5,6)(H,7,8)/b;2-1+/t7-;/m1./s1. The summed E-state index contributed by atoms with van der Waals surface area (Å²) >= 11 is 5.73. The minimum Gasteiger partial charge on any atom is -0.478 e. The largest absolute Gasteiger partial charge is 0.478 e. The molecule has 0 saturated carbocycles. The Morgan fingerprint density at radius 2 is 1.91 bits per heavy atom. The lowest BCUT2D eigenvalue weighted by atomic mass is 10.2. The predicted octanol–water partition coefficient (Wildman–Crippen LogP) is 2.49. The van der Waals surface area contributed by atoms with E-state index in [1.165, 1.54) is 6.07 Å². The minimum atomic E-state index is -1.26. The number of benzene rings is 1. The number of nitrogens with zero attached hydrogens (tertiary/aromatic N) is 1. The molecule has 0 amide bonds. The van der Waals surface area contributed by atoms with Crippen LogP contribution in [0.1, 0.15) is 6.92 Å². The van der Waals surface area contributed by atoms with E-state index in [9.17, 15) is 14.0 Å². The average Bonchev–Trinajstić information content (AvgIpc) is 2.79. The molecule has 1 aromatic heterocycles. The molecule has 0 aliphatic carbocycles. The van der Waals surface area contributed by atoms with Crippen molar-refractivity contribution in [2.75, 3.05) is 0 Å². The third kappa shape index (κ3) is 6.09. The van der Waals surface area contributed by atoms with E-state index in [0.717, 1.165) is 10.9 Å². The van der Waals surface area contributed by atoms with Gasteiger partial charge in [0.1, 0.15) is 5.82 Å². The number of aromatic nitrogens is 1. The van der Waals surface area contributed by atoms with Gasteiger partial charge in [-0.1, -0.05) is 11.6 Å². The van der Waals surface area contributed by atoms with Gasteiger partial charge in [-0.15, -0.1) is 0 Å². The van der Waals surface area contributed by atoms with Crippen molar-refractivity contribution in [2.45, 2.75) is 19.5 Å². The van der Waals surface area contributed by atoms with Gasteiger partial charge in [0.2, 0.25) is 0 Å². The zero-order valence-electron chi connectivity index (χ0n) is 12.2. The Morgan fingerprint density at radius 1 is 1.35 bits per heavy atom. The Kier molecular flexibility index (Phi) is 6.74. The fraction of sp³-hybridized carbons (Fsp3) is 0.200. The first-order valence-electron chi connectivity index (χ1n) is 6.54. The maximum absolute atomic E-state index is 13.2. The first-order chi connectivity index (χ1) is 10.7. The van der Waals surface area contributed by atoms with Gasteiger partial charge in [-0.25, -0.2) is 14.0 Å². The van der Waals surface area contributed by atoms with Gasteiger partial charge in [0.15, 0.2) is 0 Å². The van der Waals surface area contributed by atoms with E-state index in [4.69, 9.17) is 27.5 Å². The highest BCUT2D eigenvalue weighted by Gasteiger charge is 2.07. The molecule has 0 spiro atoms. The zero-order chi connectivity index (χ0) is 17.6. The lowest BCUT2D eigenvalue weighted by molar-refractivity contribution is -0.134. The van der Waals surface area contributed by atoms with Crippen molar-refractivity contribution >= 4 is 34.4 Å². The van der Waals surface area contributed by atoms with Crippen LogP contribution < -0.4 is 5.73 Å². The summed E-state index contributed by atoms with van der Waals surface area (Å²) in [5.74, 6) is -2.90. The van der Waals surface area contributed by atoms with Gasteiger partial charge in [0.25, 0.3) is 0 Å². The van der Waals surface area contributed by atoms with Crippen LogP contribution in [0, 0.1) is 5.82 Å². The Morgan fingerprint density at radius 3 is 2.39 bits per heavy atom. The number of hydrogen-bond acceptors (Lipinski definition) is 3. The van der Waals surface area contributed by atoms with Crippen LogP contribution in [0.25, 0.3) is 10.9 Å². The highest BCUT2D eigenvalue weighted by Crippen LogP contribution is 2.23. The number of fused-ring (bicyclic) bond motifs is 1. The summed E-state index contributed by atoms with van der Waals surface area (Å²) in [5, 5.41) is 16.6. The van der Waals surface area contributed by atoms with Crippen LogP contribution in [-0.2, 0) is 16.1 Å². The topological polar surface area (TPSA) is 106 Å². The fourth-order valence-corrected chi connectivity index (χ4v) is 1.95. The monoisotopic (exact) mass is 342 g/mol. The van der Waals surface area contributed by atoms with E-state index in [2.05, 4.69) is 0 Å². The molecule has 0 saturated heterocycles. The Balaban J connectivity index is 0.000000284. The van der Waals surface area contributed by atoms with Crippen LogP contribution >= 0.6 is 11.6 Å². The zero-order valence-corrected chi connectivity index (χ0v) is 13.0. The summed E-state index contributed by atoms with van der Waals surface area (Å²) in [7, 11) is 0. The van der Waals surface area contributed by atoms with Crippen molar-refractivity contribution in [1.29, 1.82) is 0 Å². The van der Waals surface area contributed by atoms with Gasteiger partial charge in [0.05, 0.1) is 5.02 Å². The van der Waals surface area contributed by atoms with Crippen molar-refractivity contribution < 1.29 is 24.2 Å². The molecule has 124 valence electrons. The van der Waals surface area contributed by atoms with E-state index in [1.54, 1.807) is 6.07 Å². The third-order valence-corrected chi connectivity index (χ3v) is 2.96. The second-order valence-corrected chi connectivity index (χ2v) is 5.19. The Hall–Kier alpha value is -2.38. The highest BCUT2D eigenvalue weighted by molar-refractivity contribution is 6.31. The van der Waals surface area contributed by atoms with Gasteiger partial charge in [-0.2, -0.15) is 0 Å². The lowest BCUT2D eigenvalue weighted by Gasteiger charge is -2.08. The molecule has 4 N–H and O–H groups in total. The molecule has 1 atom stereocenters. The van der Waals surface area contributed by atoms with E-state index < -0.39 is 11.9 Å². The van der Waals surface area contributed by atoms with Gasteiger partial charge in [0, 0.05) is 41.8 Å². The predicted molar refractivity (Wildman–Crippen MR) is 85.0 cm³/mol. The minimum absolute atomic E-state index is 0.0597. The molecular formula is C15H16ClFN2O4. The third-order valence-electron chi connectivity index (χ3n) is 2.67. The molecular weight excluding hydrogens is 327 g/mol. The number of halogens is 2. The number of aliphatic carboxylic acids is 2. The van der Waals surface area contributed by atoms with Crippen LogP contribution in [0.2, 0.25) is 5.02 Å². The summed E-state index contributed by atoms with van der Waals surface area (Å²) < 4.78 is 15.1. The molecule has 23 heavy (non-hydrogen) atoms. The fourth-order valence-electron chi connectivity index (χ4n) is 1.80. The number of carbonyl (C=O) groups is 2. The number of hydrogen-bond donors (Lipinski definition) is 3. The molecule has 0 unspecified atom stereocenters. The van der Waals surface area contributed by atoms with Crippen molar-refractivity contribution in [3.05, 3.63) is 47.4 Å². The van der Waals surface area contributed by atoms with Crippen molar-refractivity contribution in [3.63, 3.8) is 0 Å². The summed E-state index contributed by atoms with van der Waals surface area (Å²) in [6.07, 6.45) is 3.01. The SMILES string of the molecule is C[C@@H](N)Cn1ccc2cc(F)c(Cl)cc21.O=C(O)/C=C/C(=O)O. The average molecular weight is 343 g/mol. The molecule has 1 heterocycles. The summed E-state index contributed by atoms with van der Waals surface area (Å²) in [6, 6.07) is 4.99. The van der Waals surface area contributed by atoms with Crippen LogP contribution in [0.4, 0.5) is 4.39 Å². The van der Waals surface area contributed by atoms with Crippen molar-refractivity contribution in [2.24, 2.45) is 5.73 Å². The second-order valence-electron chi connectivity index (χ2n) is 4.78. The maximum Gasteiger partial charge on any atom is 0.328 e. The van der Waals surface area contributed by atoms with Gasteiger partial charge in [-0.3, -0.25) is 0 Å². The molecule has 8 heteroatoms. The highest BCUT2D eigenvalue weighted by atomic mass is 35.5. The first kappa shape index (κ1) is 18.7. The molecule has 0 aliphatic rings. The number of carboxylic acids is 2. The Bertz CT molecular complexity index is 724. The van der Waals surface area contributed by atoms with Crippen LogP contribution in [0.5, 0.6) is 0 Å². The van der Waals surface area contributed by atoms with E-state index in [0.29, 0.717) is 18.7 Å². The number of rotatable bonds is 4. The first-order valence-corrected chi connectivity index (χ1v) is 6.92. The molecule has 0 radical (unpaired) electrons. The summed E-state index contributed by atoms with van der Waals surface area (Å²) in [6.45, 7) is 2.63.